The fraction of sp³-hybridized carbons (Fsp3) is 0.333. The van der Waals surface area contributed by atoms with Gasteiger partial charge < -0.3 is 10.0 Å². The second-order valence-electron chi connectivity index (χ2n) is 4.60. The van der Waals surface area contributed by atoms with E-state index in [1.54, 1.807) is 0 Å². The molecule has 0 radical (unpaired) electrons. The maximum atomic E-state index is 12.1. The van der Waals surface area contributed by atoms with Crippen LogP contribution >= 0.6 is 15.9 Å². The molecule has 1 saturated heterocycles. The second kappa shape index (κ2) is 5.58. The molecule has 1 fully saturated rings. The molecule has 7 nitrogen and oxygen atoms in total. The van der Waals surface area contributed by atoms with Crippen molar-refractivity contribution in [2.24, 2.45) is 5.92 Å². The third kappa shape index (κ3) is 2.96. The molecule has 0 aromatic heterocycles. The molecule has 0 atom stereocenters. The first-order valence-corrected chi connectivity index (χ1v) is 6.62. The summed E-state index contributed by atoms with van der Waals surface area (Å²) in [5.74, 6) is -1.24. The highest BCUT2D eigenvalue weighted by Crippen LogP contribution is 2.28. The van der Waals surface area contributed by atoms with Crippen molar-refractivity contribution in [2.75, 3.05) is 13.1 Å². The maximum Gasteiger partial charge on any atom is 0.303 e. The number of carbonyl (C=O) groups excluding carboxylic acids is 1. The van der Waals surface area contributed by atoms with Gasteiger partial charge in [-0.05, 0) is 28.1 Å². The zero-order chi connectivity index (χ0) is 14.9. The first kappa shape index (κ1) is 14.4. The van der Waals surface area contributed by atoms with Gasteiger partial charge in [0.1, 0.15) is 0 Å². The monoisotopic (exact) mass is 342 g/mol. The number of halogens is 1. The van der Waals surface area contributed by atoms with E-state index in [9.17, 15) is 19.7 Å². The molecule has 1 amide bonds. The Morgan fingerprint density at radius 1 is 1.45 bits per heavy atom. The predicted octanol–water partition coefficient (Wildman–Crippen LogP) is 1.90. The van der Waals surface area contributed by atoms with E-state index in [0.717, 1.165) is 0 Å². The van der Waals surface area contributed by atoms with Gasteiger partial charge in [-0.1, -0.05) is 0 Å². The first-order chi connectivity index (χ1) is 9.38. The quantitative estimate of drug-likeness (QED) is 0.665. The third-order valence-electron chi connectivity index (χ3n) is 3.10. The second-order valence-corrected chi connectivity index (χ2v) is 5.45. The molecule has 20 heavy (non-hydrogen) atoms. The van der Waals surface area contributed by atoms with E-state index in [2.05, 4.69) is 15.9 Å². The van der Waals surface area contributed by atoms with Crippen LogP contribution in [-0.2, 0) is 4.79 Å². The van der Waals surface area contributed by atoms with E-state index in [1.165, 1.54) is 23.1 Å². The average molecular weight is 343 g/mol. The lowest BCUT2D eigenvalue weighted by molar-refractivity contribution is -0.385. The van der Waals surface area contributed by atoms with Gasteiger partial charge in [-0.2, -0.15) is 0 Å². The topological polar surface area (TPSA) is 101 Å². The van der Waals surface area contributed by atoms with Crippen LogP contribution in [0.3, 0.4) is 0 Å². The summed E-state index contributed by atoms with van der Waals surface area (Å²) in [4.78, 5) is 34.3. The van der Waals surface area contributed by atoms with Crippen LogP contribution in [0.2, 0.25) is 0 Å². The number of benzene rings is 1. The highest BCUT2D eigenvalue weighted by Gasteiger charge is 2.33. The number of nitro benzene ring substituents is 1. The summed E-state index contributed by atoms with van der Waals surface area (Å²) in [7, 11) is 0. The minimum absolute atomic E-state index is 0.0320. The summed E-state index contributed by atoms with van der Waals surface area (Å²) in [6.07, 6.45) is 0.0320. The fourth-order valence-corrected chi connectivity index (χ4v) is 2.47. The number of likely N-dealkylation sites (tertiary alicyclic amines) is 1. The summed E-state index contributed by atoms with van der Waals surface area (Å²) in [5.41, 5.74) is 0.0622. The van der Waals surface area contributed by atoms with Gasteiger partial charge in [0.25, 0.3) is 11.6 Å². The minimum Gasteiger partial charge on any atom is -0.481 e. The summed E-state index contributed by atoms with van der Waals surface area (Å²) < 4.78 is 0.311. The molecule has 1 N–H and O–H groups in total. The van der Waals surface area contributed by atoms with Crippen LogP contribution < -0.4 is 0 Å². The number of carbonyl (C=O) groups is 2. The van der Waals surface area contributed by atoms with Crippen molar-refractivity contribution in [3.63, 3.8) is 0 Å². The van der Waals surface area contributed by atoms with Gasteiger partial charge in [-0.3, -0.25) is 19.7 Å². The highest BCUT2D eigenvalue weighted by molar-refractivity contribution is 9.10. The standard InChI is InChI=1S/C12H11BrN2O5/c13-9-2-1-8(4-10(9)15(19)20)12(18)14-5-7(6-14)3-11(16)17/h1-2,4,7H,3,5-6H2,(H,16,17). The minimum atomic E-state index is -0.888. The van der Waals surface area contributed by atoms with Gasteiger partial charge in [0.2, 0.25) is 0 Å². The zero-order valence-corrected chi connectivity index (χ0v) is 11.9. The Morgan fingerprint density at radius 3 is 2.65 bits per heavy atom. The Bertz CT molecular complexity index is 583. The van der Waals surface area contributed by atoms with Gasteiger partial charge in [0, 0.05) is 30.6 Å². The molecule has 1 aliphatic rings. The molecule has 1 aromatic rings. The Hall–Kier alpha value is -1.96. The van der Waals surface area contributed by atoms with Crippen LogP contribution in [0.25, 0.3) is 0 Å². The fourth-order valence-electron chi connectivity index (χ4n) is 2.08. The lowest BCUT2D eigenvalue weighted by Crippen LogP contribution is -2.50. The van der Waals surface area contributed by atoms with Crippen LogP contribution in [0.4, 0.5) is 5.69 Å². The molecule has 0 aliphatic carbocycles. The number of nitro groups is 1. The van der Waals surface area contributed by atoms with Gasteiger partial charge in [-0.15, -0.1) is 0 Å². The molecule has 0 unspecified atom stereocenters. The molecule has 1 aliphatic heterocycles. The van der Waals surface area contributed by atoms with Crippen molar-refractivity contribution in [3.8, 4) is 0 Å². The molecule has 1 aromatic carbocycles. The summed E-state index contributed by atoms with van der Waals surface area (Å²) in [5, 5.41) is 19.4. The van der Waals surface area contributed by atoms with Crippen molar-refractivity contribution in [2.45, 2.75) is 6.42 Å². The predicted molar refractivity (Wildman–Crippen MR) is 72.4 cm³/mol. The molecule has 8 heteroatoms. The molecule has 2 rings (SSSR count). The lowest BCUT2D eigenvalue weighted by Gasteiger charge is -2.38. The third-order valence-corrected chi connectivity index (χ3v) is 3.77. The lowest BCUT2D eigenvalue weighted by atomic mass is 9.95. The Balaban J connectivity index is 2.06. The van der Waals surface area contributed by atoms with Gasteiger partial charge in [0.15, 0.2) is 0 Å². The van der Waals surface area contributed by atoms with Crippen LogP contribution in [0.15, 0.2) is 22.7 Å². The van der Waals surface area contributed by atoms with E-state index in [0.29, 0.717) is 17.6 Å². The van der Waals surface area contributed by atoms with Gasteiger partial charge in [0.05, 0.1) is 15.8 Å². The molecular formula is C12H11BrN2O5. The van der Waals surface area contributed by atoms with Gasteiger partial charge >= 0.3 is 5.97 Å². The van der Waals surface area contributed by atoms with Crippen molar-refractivity contribution in [1.82, 2.24) is 4.90 Å². The molecule has 106 valence electrons. The largest absolute Gasteiger partial charge is 0.481 e. The summed E-state index contributed by atoms with van der Waals surface area (Å²) >= 11 is 3.05. The zero-order valence-electron chi connectivity index (χ0n) is 10.3. The molecular weight excluding hydrogens is 332 g/mol. The van der Waals surface area contributed by atoms with Crippen molar-refractivity contribution in [3.05, 3.63) is 38.3 Å². The Labute approximate surface area is 122 Å². The van der Waals surface area contributed by atoms with Crippen LogP contribution in [-0.4, -0.2) is 39.9 Å². The van der Waals surface area contributed by atoms with E-state index in [4.69, 9.17) is 5.11 Å². The number of nitrogens with zero attached hydrogens (tertiary/aromatic N) is 2. The van der Waals surface area contributed by atoms with E-state index < -0.39 is 10.9 Å². The summed E-state index contributed by atoms with van der Waals surface area (Å²) in [6, 6.07) is 4.18. The number of rotatable bonds is 4. The maximum absolute atomic E-state index is 12.1. The molecule has 0 bridgehead atoms. The normalized spacial score (nSPS) is 14.8. The van der Waals surface area contributed by atoms with Gasteiger partial charge in [-0.25, -0.2) is 0 Å². The number of carboxylic acids is 1. The van der Waals surface area contributed by atoms with E-state index in [1.807, 2.05) is 0 Å². The van der Waals surface area contributed by atoms with Crippen molar-refractivity contribution >= 4 is 33.5 Å². The summed E-state index contributed by atoms with van der Waals surface area (Å²) in [6.45, 7) is 0.740. The van der Waals surface area contributed by atoms with Crippen LogP contribution in [0, 0.1) is 16.0 Å². The van der Waals surface area contributed by atoms with Crippen molar-refractivity contribution in [1.29, 1.82) is 0 Å². The molecule has 0 spiro atoms. The van der Waals surface area contributed by atoms with Crippen LogP contribution in [0.1, 0.15) is 16.8 Å². The van der Waals surface area contributed by atoms with E-state index in [-0.39, 0.29) is 29.5 Å². The number of aliphatic carboxylic acids is 1. The van der Waals surface area contributed by atoms with E-state index >= 15 is 0 Å². The molecule has 1 heterocycles. The Morgan fingerprint density at radius 2 is 2.10 bits per heavy atom. The number of amides is 1. The number of hydrogen-bond acceptors (Lipinski definition) is 4. The number of hydrogen-bond donors (Lipinski definition) is 1. The SMILES string of the molecule is O=C(O)CC1CN(C(=O)c2ccc(Br)c([N+](=O)[O-])c2)C1. The first-order valence-electron chi connectivity index (χ1n) is 5.83. The highest BCUT2D eigenvalue weighted by atomic mass is 79.9. The smallest absolute Gasteiger partial charge is 0.303 e. The van der Waals surface area contributed by atoms with Crippen molar-refractivity contribution < 1.29 is 19.6 Å². The average Bonchev–Trinajstić information content (AvgIpc) is 2.32. The molecule has 0 saturated carbocycles. The van der Waals surface area contributed by atoms with Crippen LogP contribution in [0.5, 0.6) is 0 Å². The number of carboxylic acid groups (broad SMARTS) is 1. The Kier molecular flexibility index (Phi) is 4.03.